The van der Waals surface area contributed by atoms with Gasteiger partial charge in [-0.3, -0.25) is 4.98 Å². The minimum absolute atomic E-state index is 0.0576. The molecule has 0 radical (unpaired) electrons. The topological polar surface area (TPSA) is 77.6 Å². The average Bonchev–Trinajstić information content (AvgIpc) is 2.17. The Hall–Kier alpha value is -1.27. The zero-order valence-corrected chi connectivity index (χ0v) is 9.70. The Morgan fingerprint density at radius 2 is 2.00 bits per heavy atom. The molecular formula is C8H5BrClN5. The molecule has 15 heavy (non-hydrogen) atoms. The van der Waals surface area contributed by atoms with Crippen molar-refractivity contribution in [2.45, 2.75) is 0 Å². The van der Waals surface area contributed by atoms with E-state index in [9.17, 15) is 0 Å². The monoisotopic (exact) mass is 285 g/mol. The maximum atomic E-state index is 5.65. The lowest BCUT2D eigenvalue weighted by Gasteiger charge is -2.00. The van der Waals surface area contributed by atoms with Crippen LogP contribution in [0.3, 0.4) is 0 Å². The summed E-state index contributed by atoms with van der Waals surface area (Å²) in [5.41, 5.74) is 6.03. The minimum atomic E-state index is 0.0576. The molecule has 0 bridgehead atoms. The van der Waals surface area contributed by atoms with Crippen LogP contribution in [0.1, 0.15) is 0 Å². The molecule has 0 saturated heterocycles. The minimum Gasteiger partial charge on any atom is -0.368 e. The number of aromatic nitrogens is 4. The number of halogens is 2. The van der Waals surface area contributed by atoms with Gasteiger partial charge in [-0.1, -0.05) is 0 Å². The Morgan fingerprint density at radius 3 is 2.60 bits per heavy atom. The van der Waals surface area contributed by atoms with Crippen LogP contribution in [0.4, 0.5) is 5.95 Å². The first-order chi connectivity index (χ1) is 7.15. The lowest BCUT2D eigenvalue weighted by atomic mass is 10.3. The van der Waals surface area contributed by atoms with Crippen molar-refractivity contribution in [3.05, 3.63) is 28.1 Å². The molecule has 2 heterocycles. The van der Waals surface area contributed by atoms with E-state index in [1.54, 1.807) is 12.3 Å². The van der Waals surface area contributed by atoms with Crippen molar-refractivity contribution in [1.29, 1.82) is 0 Å². The number of nitrogens with zero attached hydrogens (tertiary/aromatic N) is 4. The summed E-state index contributed by atoms with van der Waals surface area (Å²) in [5.74, 6) is 0.440. The molecule has 0 unspecified atom stereocenters. The summed E-state index contributed by atoms with van der Waals surface area (Å²) in [4.78, 5) is 15.6. The smallest absolute Gasteiger partial charge is 0.227 e. The third-order valence-corrected chi connectivity index (χ3v) is 2.22. The highest BCUT2D eigenvalue weighted by Crippen LogP contribution is 2.16. The van der Waals surface area contributed by atoms with Crippen molar-refractivity contribution in [1.82, 2.24) is 19.9 Å². The van der Waals surface area contributed by atoms with Gasteiger partial charge in [-0.15, -0.1) is 0 Å². The van der Waals surface area contributed by atoms with Gasteiger partial charge >= 0.3 is 0 Å². The Labute approximate surface area is 98.9 Å². The molecular weight excluding hydrogens is 281 g/mol. The number of hydrogen-bond acceptors (Lipinski definition) is 5. The number of anilines is 1. The van der Waals surface area contributed by atoms with Crippen LogP contribution in [0.25, 0.3) is 11.5 Å². The van der Waals surface area contributed by atoms with Crippen LogP contribution in [0.5, 0.6) is 0 Å². The van der Waals surface area contributed by atoms with E-state index in [2.05, 4.69) is 35.9 Å². The van der Waals surface area contributed by atoms with E-state index < -0.39 is 0 Å². The standard InChI is InChI=1S/C8H5BrClN5/c9-4-1-2-5(12-3-4)6-13-7(10)15-8(11)14-6/h1-3H,(H2,11,13,14,15). The molecule has 2 aromatic heterocycles. The normalized spacial score (nSPS) is 10.3. The van der Waals surface area contributed by atoms with E-state index in [0.29, 0.717) is 11.5 Å². The molecule has 0 aromatic carbocycles. The molecule has 2 rings (SSSR count). The third-order valence-electron chi connectivity index (χ3n) is 1.58. The lowest BCUT2D eigenvalue weighted by Crippen LogP contribution is -2.00. The van der Waals surface area contributed by atoms with Crippen LogP contribution in [0.15, 0.2) is 22.8 Å². The van der Waals surface area contributed by atoms with E-state index >= 15 is 0 Å². The van der Waals surface area contributed by atoms with Crippen molar-refractivity contribution < 1.29 is 0 Å². The number of rotatable bonds is 1. The fourth-order valence-electron chi connectivity index (χ4n) is 0.988. The number of nitrogen functional groups attached to an aromatic ring is 1. The second-order valence-corrected chi connectivity index (χ2v) is 3.90. The molecule has 0 saturated carbocycles. The third kappa shape index (κ3) is 2.40. The van der Waals surface area contributed by atoms with Crippen LogP contribution in [-0.4, -0.2) is 19.9 Å². The molecule has 0 atom stereocenters. The van der Waals surface area contributed by atoms with Crippen molar-refractivity contribution in [2.24, 2.45) is 0 Å². The van der Waals surface area contributed by atoms with Gasteiger partial charge < -0.3 is 5.73 Å². The molecule has 76 valence electrons. The average molecular weight is 287 g/mol. The molecule has 0 spiro atoms. The first-order valence-corrected chi connectivity index (χ1v) is 5.11. The van der Waals surface area contributed by atoms with Crippen LogP contribution >= 0.6 is 27.5 Å². The summed E-state index contributed by atoms with van der Waals surface area (Å²) >= 11 is 8.93. The SMILES string of the molecule is Nc1nc(Cl)nc(-c2ccc(Br)cn2)n1. The number of pyridine rings is 1. The number of nitrogens with two attached hydrogens (primary N) is 1. The highest BCUT2D eigenvalue weighted by atomic mass is 79.9. The summed E-state index contributed by atoms with van der Waals surface area (Å²) in [6.07, 6.45) is 1.64. The second kappa shape index (κ2) is 4.08. The molecule has 0 aliphatic heterocycles. The molecule has 2 aromatic rings. The van der Waals surface area contributed by atoms with Gasteiger partial charge in [0.25, 0.3) is 0 Å². The maximum absolute atomic E-state index is 5.65. The fourth-order valence-corrected chi connectivity index (χ4v) is 1.39. The summed E-state index contributed by atoms with van der Waals surface area (Å²) in [5, 5.41) is 0.0576. The highest BCUT2D eigenvalue weighted by molar-refractivity contribution is 9.10. The molecule has 5 nitrogen and oxygen atoms in total. The number of hydrogen-bond donors (Lipinski definition) is 1. The predicted octanol–water partition coefficient (Wildman–Crippen LogP) is 1.93. The molecule has 0 aliphatic rings. The van der Waals surface area contributed by atoms with Gasteiger partial charge in [-0.05, 0) is 39.7 Å². The molecule has 0 fully saturated rings. The summed E-state index contributed by atoms with van der Waals surface area (Å²) in [7, 11) is 0. The zero-order valence-electron chi connectivity index (χ0n) is 7.35. The van der Waals surface area contributed by atoms with E-state index in [1.165, 1.54) is 0 Å². The van der Waals surface area contributed by atoms with Crippen LogP contribution in [-0.2, 0) is 0 Å². The van der Waals surface area contributed by atoms with Gasteiger partial charge in [-0.2, -0.15) is 15.0 Å². The molecule has 0 aliphatic carbocycles. The Morgan fingerprint density at radius 1 is 1.20 bits per heavy atom. The van der Waals surface area contributed by atoms with Gasteiger partial charge in [0.05, 0.1) is 0 Å². The molecule has 7 heteroatoms. The van der Waals surface area contributed by atoms with Gasteiger partial charge in [0, 0.05) is 10.7 Å². The first kappa shape index (κ1) is 10.3. The Balaban J connectivity index is 2.49. The summed E-state index contributed by atoms with van der Waals surface area (Å²) < 4.78 is 0.874. The molecule has 2 N–H and O–H groups in total. The van der Waals surface area contributed by atoms with Crippen LogP contribution in [0, 0.1) is 0 Å². The van der Waals surface area contributed by atoms with Gasteiger partial charge in [0.15, 0.2) is 5.82 Å². The van der Waals surface area contributed by atoms with Gasteiger partial charge in [0.2, 0.25) is 11.2 Å². The quantitative estimate of drug-likeness (QED) is 0.866. The van der Waals surface area contributed by atoms with Gasteiger partial charge in [-0.25, -0.2) is 0 Å². The largest absolute Gasteiger partial charge is 0.368 e. The van der Waals surface area contributed by atoms with E-state index in [-0.39, 0.29) is 11.2 Å². The Bertz CT molecular complexity index is 467. The molecule has 0 amide bonds. The lowest BCUT2D eigenvalue weighted by molar-refractivity contribution is 1.06. The summed E-state index contributed by atoms with van der Waals surface area (Å²) in [6, 6.07) is 3.59. The van der Waals surface area contributed by atoms with E-state index in [1.807, 2.05) is 6.07 Å². The highest BCUT2D eigenvalue weighted by Gasteiger charge is 2.06. The van der Waals surface area contributed by atoms with Crippen molar-refractivity contribution in [3.8, 4) is 11.5 Å². The van der Waals surface area contributed by atoms with Crippen molar-refractivity contribution in [2.75, 3.05) is 5.73 Å². The van der Waals surface area contributed by atoms with Crippen LogP contribution < -0.4 is 5.73 Å². The zero-order chi connectivity index (χ0) is 10.8. The van der Waals surface area contributed by atoms with E-state index in [4.69, 9.17) is 17.3 Å². The maximum Gasteiger partial charge on any atom is 0.227 e. The first-order valence-electron chi connectivity index (χ1n) is 3.94. The van der Waals surface area contributed by atoms with Crippen molar-refractivity contribution >= 4 is 33.5 Å². The Kier molecular flexibility index (Phi) is 2.79. The van der Waals surface area contributed by atoms with Crippen molar-refractivity contribution in [3.63, 3.8) is 0 Å². The summed E-state index contributed by atoms with van der Waals surface area (Å²) in [6.45, 7) is 0. The van der Waals surface area contributed by atoms with E-state index in [0.717, 1.165) is 4.47 Å². The van der Waals surface area contributed by atoms with Crippen LogP contribution in [0.2, 0.25) is 5.28 Å². The predicted molar refractivity (Wildman–Crippen MR) is 60.2 cm³/mol. The fraction of sp³-hybridized carbons (Fsp3) is 0. The second-order valence-electron chi connectivity index (χ2n) is 2.65. The van der Waals surface area contributed by atoms with Gasteiger partial charge in [0.1, 0.15) is 5.69 Å².